The summed E-state index contributed by atoms with van der Waals surface area (Å²) in [6.07, 6.45) is 0. The zero-order chi connectivity index (χ0) is 11.3. The fourth-order valence-electron chi connectivity index (χ4n) is 1.44. The highest BCUT2D eigenvalue weighted by Crippen LogP contribution is 2.16. The molecule has 0 aliphatic carbocycles. The monoisotopic (exact) mass is 207 g/mol. The molecule has 0 fully saturated rings. The third kappa shape index (κ3) is 4.21. The Labute approximate surface area is 92.1 Å². The highest BCUT2D eigenvalue weighted by Gasteiger charge is 1.97. The van der Waals surface area contributed by atoms with E-state index in [-0.39, 0.29) is 0 Å². The molecule has 1 aromatic carbocycles. The van der Waals surface area contributed by atoms with Crippen molar-refractivity contribution in [3.8, 4) is 0 Å². The first kappa shape index (κ1) is 11.9. The van der Waals surface area contributed by atoms with Crippen LogP contribution in [0.1, 0.15) is 19.4 Å². The van der Waals surface area contributed by atoms with Crippen molar-refractivity contribution < 1.29 is 0 Å². The minimum Gasteiger partial charge on any atom is -0.399 e. The summed E-state index contributed by atoms with van der Waals surface area (Å²) in [6, 6.07) is 6.48. The van der Waals surface area contributed by atoms with Gasteiger partial charge in [0.2, 0.25) is 0 Å². The van der Waals surface area contributed by atoms with Gasteiger partial charge < -0.3 is 16.4 Å². The highest BCUT2D eigenvalue weighted by molar-refractivity contribution is 5.57. The second kappa shape index (κ2) is 5.61. The lowest BCUT2D eigenvalue weighted by molar-refractivity contribution is 0.602. The Morgan fingerprint density at radius 3 is 2.60 bits per heavy atom. The molecule has 0 saturated carbocycles. The number of nitrogen functional groups attached to an aromatic ring is 1. The zero-order valence-corrected chi connectivity index (χ0v) is 9.80. The Balaban J connectivity index is 2.37. The molecule has 0 aliphatic rings. The number of anilines is 2. The van der Waals surface area contributed by atoms with E-state index in [1.807, 2.05) is 18.2 Å². The lowest BCUT2D eigenvalue weighted by atomic mass is 10.2. The second-order valence-corrected chi connectivity index (χ2v) is 4.11. The van der Waals surface area contributed by atoms with Crippen LogP contribution in [0, 0.1) is 6.92 Å². The van der Waals surface area contributed by atoms with Crippen LogP contribution in [0.2, 0.25) is 0 Å². The van der Waals surface area contributed by atoms with Gasteiger partial charge in [0.15, 0.2) is 0 Å². The van der Waals surface area contributed by atoms with E-state index in [9.17, 15) is 0 Å². The van der Waals surface area contributed by atoms with Crippen molar-refractivity contribution in [1.82, 2.24) is 5.32 Å². The maximum atomic E-state index is 5.68. The van der Waals surface area contributed by atoms with Gasteiger partial charge in [-0.05, 0) is 30.7 Å². The number of nitrogens with one attached hydrogen (secondary N) is 2. The van der Waals surface area contributed by atoms with Crippen LogP contribution in [0.3, 0.4) is 0 Å². The molecule has 0 spiro atoms. The van der Waals surface area contributed by atoms with Crippen molar-refractivity contribution in [2.24, 2.45) is 0 Å². The van der Waals surface area contributed by atoms with Crippen molar-refractivity contribution in [2.45, 2.75) is 26.8 Å². The van der Waals surface area contributed by atoms with Gasteiger partial charge in [-0.2, -0.15) is 0 Å². The Morgan fingerprint density at radius 2 is 2.00 bits per heavy atom. The first-order valence-electron chi connectivity index (χ1n) is 5.43. The normalized spacial score (nSPS) is 10.7. The molecule has 0 radical (unpaired) electrons. The summed E-state index contributed by atoms with van der Waals surface area (Å²) in [5.41, 5.74) is 8.86. The summed E-state index contributed by atoms with van der Waals surface area (Å²) >= 11 is 0. The van der Waals surface area contributed by atoms with Crippen LogP contribution in [-0.4, -0.2) is 19.1 Å². The molecule has 0 aromatic heterocycles. The van der Waals surface area contributed by atoms with E-state index in [1.54, 1.807) is 0 Å². The summed E-state index contributed by atoms with van der Waals surface area (Å²) in [4.78, 5) is 0. The van der Waals surface area contributed by atoms with Crippen molar-refractivity contribution in [3.05, 3.63) is 23.8 Å². The fourth-order valence-corrected chi connectivity index (χ4v) is 1.44. The van der Waals surface area contributed by atoms with Gasteiger partial charge in [0.05, 0.1) is 0 Å². The fraction of sp³-hybridized carbons (Fsp3) is 0.500. The summed E-state index contributed by atoms with van der Waals surface area (Å²) in [7, 11) is 0. The van der Waals surface area contributed by atoms with Gasteiger partial charge in [0.25, 0.3) is 0 Å². The van der Waals surface area contributed by atoms with E-state index >= 15 is 0 Å². The van der Waals surface area contributed by atoms with Crippen LogP contribution >= 0.6 is 0 Å². The van der Waals surface area contributed by atoms with Gasteiger partial charge in [0, 0.05) is 30.5 Å². The lowest BCUT2D eigenvalue weighted by Gasteiger charge is -2.12. The Morgan fingerprint density at radius 1 is 1.27 bits per heavy atom. The van der Waals surface area contributed by atoms with Gasteiger partial charge in [-0.25, -0.2) is 0 Å². The first-order chi connectivity index (χ1) is 7.09. The number of rotatable bonds is 5. The van der Waals surface area contributed by atoms with E-state index in [2.05, 4.69) is 31.4 Å². The Hall–Kier alpha value is -1.22. The van der Waals surface area contributed by atoms with Crippen LogP contribution in [0.25, 0.3) is 0 Å². The largest absolute Gasteiger partial charge is 0.399 e. The van der Waals surface area contributed by atoms with Gasteiger partial charge in [-0.15, -0.1) is 0 Å². The predicted molar refractivity (Wildman–Crippen MR) is 67.2 cm³/mol. The van der Waals surface area contributed by atoms with Crippen LogP contribution in [0.4, 0.5) is 11.4 Å². The average Bonchev–Trinajstić information content (AvgIpc) is 2.14. The van der Waals surface area contributed by atoms with Gasteiger partial charge in [-0.1, -0.05) is 13.8 Å². The molecule has 1 aromatic rings. The van der Waals surface area contributed by atoms with Crippen LogP contribution in [0.5, 0.6) is 0 Å². The molecule has 0 unspecified atom stereocenters. The maximum absolute atomic E-state index is 5.68. The molecule has 0 heterocycles. The molecule has 4 N–H and O–H groups in total. The Bertz CT molecular complexity index is 308. The van der Waals surface area contributed by atoms with E-state index in [0.29, 0.717) is 6.04 Å². The van der Waals surface area contributed by atoms with Gasteiger partial charge in [0.1, 0.15) is 0 Å². The molecule has 3 nitrogen and oxygen atoms in total. The third-order valence-electron chi connectivity index (χ3n) is 2.24. The molecule has 15 heavy (non-hydrogen) atoms. The van der Waals surface area contributed by atoms with Crippen LogP contribution < -0.4 is 16.4 Å². The topological polar surface area (TPSA) is 50.1 Å². The standard InChI is InChI=1S/C12H21N3/c1-9(2)14-6-7-15-12-5-4-11(13)8-10(12)3/h4-5,8-9,14-15H,6-7,13H2,1-3H3. The molecule has 0 aliphatic heterocycles. The van der Waals surface area contributed by atoms with Gasteiger partial charge in [-0.3, -0.25) is 0 Å². The van der Waals surface area contributed by atoms with E-state index in [0.717, 1.165) is 24.5 Å². The van der Waals surface area contributed by atoms with Crippen molar-refractivity contribution in [1.29, 1.82) is 0 Å². The molecule has 1 rings (SSSR count). The van der Waals surface area contributed by atoms with E-state index in [4.69, 9.17) is 5.73 Å². The number of hydrogen-bond donors (Lipinski definition) is 3. The quantitative estimate of drug-likeness (QED) is 0.511. The van der Waals surface area contributed by atoms with Gasteiger partial charge >= 0.3 is 0 Å². The highest BCUT2D eigenvalue weighted by atomic mass is 15.0. The maximum Gasteiger partial charge on any atom is 0.0371 e. The SMILES string of the molecule is Cc1cc(N)ccc1NCCNC(C)C. The van der Waals surface area contributed by atoms with E-state index < -0.39 is 0 Å². The number of nitrogens with two attached hydrogens (primary N) is 1. The molecule has 0 atom stereocenters. The molecule has 0 bridgehead atoms. The first-order valence-corrected chi connectivity index (χ1v) is 5.43. The summed E-state index contributed by atoms with van der Waals surface area (Å²) in [5, 5.41) is 6.74. The molecule has 0 saturated heterocycles. The molecular formula is C12H21N3. The number of benzene rings is 1. The lowest BCUT2D eigenvalue weighted by Crippen LogP contribution is -2.28. The summed E-state index contributed by atoms with van der Waals surface area (Å²) in [5.74, 6) is 0. The van der Waals surface area contributed by atoms with Crippen LogP contribution in [-0.2, 0) is 0 Å². The van der Waals surface area contributed by atoms with Crippen molar-refractivity contribution in [3.63, 3.8) is 0 Å². The minimum atomic E-state index is 0.541. The molecule has 0 amide bonds. The number of aryl methyl sites for hydroxylation is 1. The number of hydrogen-bond acceptors (Lipinski definition) is 3. The van der Waals surface area contributed by atoms with Crippen molar-refractivity contribution >= 4 is 11.4 Å². The minimum absolute atomic E-state index is 0.541. The summed E-state index contributed by atoms with van der Waals surface area (Å²) in [6.45, 7) is 8.27. The second-order valence-electron chi connectivity index (χ2n) is 4.11. The molecule has 3 heteroatoms. The summed E-state index contributed by atoms with van der Waals surface area (Å²) < 4.78 is 0. The molecule has 84 valence electrons. The smallest absolute Gasteiger partial charge is 0.0371 e. The van der Waals surface area contributed by atoms with Crippen molar-refractivity contribution in [2.75, 3.05) is 24.1 Å². The van der Waals surface area contributed by atoms with Crippen LogP contribution in [0.15, 0.2) is 18.2 Å². The Kier molecular flexibility index (Phi) is 4.43. The molecular weight excluding hydrogens is 186 g/mol. The zero-order valence-electron chi connectivity index (χ0n) is 9.80. The third-order valence-corrected chi connectivity index (χ3v) is 2.24. The predicted octanol–water partition coefficient (Wildman–Crippen LogP) is 1.99. The van der Waals surface area contributed by atoms with E-state index in [1.165, 1.54) is 5.56 Å². The average molecular weight is 207 g/mol.